The zero-order valence-corrected chi connectivity index (χ0v) is 20.6. The predicted molar refractivity (Wildman–Crippen MR) is 130 cm³/mol. The molecule has 2 aromatic rings. The van der Waals surface area contributed by atoms with Gasteiger partial charge in [-0.05, 0) is 25.5 Å². The van der Waals surface area contributed by atoms with E-state index in [2.05, 4.69) is 5.32 Å². The second-order valence-electron chi connectivity index (χ2n) is 8.74. The van der Waals surface area contributed by atoms with E-state index in [0.29, 0.717) is 5.56 Å². The topological polar surface area (TPSA) is 173 Å². The monoisotopic (exact) mass is 532 g/mol. The summed E-state index contributed by atoms with van der Waals surface area (Å²) in [5, 5.41) is 34.1. The van der Waals surface area contributed by atoms with Crippen LogP contribution in [0.5, 0.6) is 0 Å². The number of amides is 2. The van der Waals surface area contributed by atoms with Crippen molar-refractivity contribution in [3.63, 3.8) is 0 Å². The van der Waals surface area contributed by atoms with Gasteiger partial charge >= 0.3 is 5.97 Å². The Morgan fingerprint density at radius 1 is 1.11 bits per heavy atom. The van der Waals surface area contributed by atoms with E-state index in [1.54, 1.807) is 19.9 Å². The highest BCUT2D eigenvalue weighted by Crippen LogP contribution is 2.60. The molecule has 2 fully saturated rings. The highest BCUT2D eigenvalue weighted by molar-refractivity contribution is 8.06. The minimum atomic E-state index is -1.68. The summed E-state index contributed by atoms with van der Waals surface area (Å²) in [4.78, 5) is 59.5. The number of carbonyl (C=O) groups is 3. The van der Waals surface area contributed by atoms with E-state index in [1.807, 2.05) is 0 Å². The Hall–Kier alpha value is -3.65. The summed E-state index contributed by atoms with van der Waals surface area (Å²) in [5.74, 6) is -2.46. The molecule has 2 amide bonds. The normalized spacial score (nSPS) is 23.9. The standard InChI is InChI=1S/C22H20N4O8S2/c1-21(2)17(18(28)29)24-19(30)22(20(24)36-21,35-15-6-4-3-5-14(15)26(33)34)23-16(27)11-12-7-9-13(10-8-12)25(31)32/h3-10,17,20H,11H2,1-2H3,(H,23,27)(H,28,29)/t17-,20+,22?/m0/s1. The number of para-hydroxylation sites is 1. The Labute approximate surface area is 212 Å². The zero-order valence-electron chi connectivity index (χ0n) is 18.9. The van der Waals surface area contributed by atoms with Gasteiger partial charge < -0.3 is 15.3 Å². The third kappa shape index (κ3) is 4.26. The van der Waals surface area contributed by atoms with Crippen molar-refractivity contribution in [2.45, 2.75) is 46.2 Å². The van der Waals surface area contributed by atoms with Crippen LogP contribution in [0.4, 0.5) is 11.4 Å². The highest BCUT2D eigenvalue weighted by Gasteiger charge is 2.73. The summed E-state index contributed by atoms with van der Waals surface area (Å²) in [5.41, 5.74) is 0.0573. The first-order chi connectivity index (χ1) is 16.9. The molecule has 4 rings (SSSR count). The molecule has 36 heavy (non-hydrogen) atoms. The number of carboxylic acid groups (broad SMARTS) is 1. The first-order valence-electron chi connectivity index (χ1n) is 10.6. The number of rotatable bonds is 8. The largest absolute Gasteiger partial charge is 0.480 e. The van der Waals surface area contributed by atoms with Crippen molar-refractivity contribution in [2.24, 2.45) is 0 Å². The molecule has 0 spiro atoms. The molecule has 2 aliphatic rings. The Kier molecular flexibility index (Phi) is 6.43. The fourth-order valence-electron chi connectivity index (χ4n) is 4.30. The maximum Gasteiger partial charge on any atom is 0.327 e. The highest BCUT2D eigenvalue weighted by atomic mass is 32.2. The molecule has 1 unspecified atom stereocenters. The third-order valence-electron chi connectivity index (χ3n) is 5.91. The zero-order chi connectivity index (χ0) is 26.4. The van der Waals surface area contributed by atoms with Gasteiger partial charge in [0.05, 0.1) is 21.2 Å². The number of carbonyl (C=O) groups excluding carboxylic acids is 2. The molecule has 188 valence electrons. The lowest BCUT2D eigenvalue weighted by molar-refractivity contribution is -0.387. The van der Waals surface area contributed by atoms with Gasteiger partial charge in [0, 0.05) is 22.9 Å². The van der Waals surface area contributed by atoms with Crippen molar-refractivity contribution in [1.82, 2.24) is 10.2 Å². The smallest absolute Gasteiger partial charge is 0.327 e. The Bertz CT molecular complexity index is 1290. The fourth-order valence-corrected chi connectivity index (χ4v) is 7.48. The molecular weight excluding hydrogens is 512 g/mol. The van der Waals surface area contributed by atoms with E-state index < -0.39 is 48.7 Å². The second-order valence-corrected chi connectivity index (χ2v) is 11.8. The van der Waals surface area contributed by atoms with Gasteiger partial charge in [-0.15, -0.1) is 11.8 Å². The molecule has 0 bridgehead atoms. The van der Waals surface area contributed by atoms with Gasteiger partial charge in [0.1, 0.15) is 11.4 Å². The number of nitro groups is 2. The molecule has 0 saturated carbocycles. The minimum absolute atomic E-state index is 0.142. The fraction of sp³-hybridized carbons (Fsp3) is 0.318. The molecule has 2 heterocycles. The first kappa shape index (κ1) is 25.4. The van der Waals surface area contributed by atoms with Gasteiger partial charge in [-0.2, -0.15) is 0 Å². The van der Waals surface area contributed by atoms with Gasteiger partial charge in [0.25, 0.3) is 17.3 Å². The maximum absolute atomic E-state index is 13.5. The Morgan fingerprint density at radius 2 is 1.75 bits per heavy atom. The average molecular weight is 533 g/mol. The molecule has 14 heteroatoms. The Balaban J connectivity index is 1.68. The van der Waals surface area contributed by atoms with Crippen molar-refractivity contribution >= 4 is 52.7 Å². The van der Waals surface area contributed by atoms with Crippen LogP contribution in [0.25, 0.3) is 0 Å². The number of nitro benzene ring substituents is 2. The third-order valence-corrected chi connectivity index (χ3v) is 9.08. The van der Waals surface area contributed by atoms with E-state index in [4.69, 9.17) is 0 Å². The molecule has 12 nitrogen and oxygen atoms in total. The van der Waals surface area contributed by atoms with E-state index >= 15 is 0 Å². The Morgan fingerprint density at radius 3 is 2.33 bits per heavy atom. The molecule has 0 radical (unpaired) electrons. The van der Waals surface area contributed by atoms with Gasteiger partial charge in [0.15, 0.2) is 0 Å². The second kappa shape index (κ2) is 9.09. The maximum atomic E-state index is 13.5. The summed E-state index contributed by atoms with van der Waals surface area (Å²) in [6.45, 7) is 3.36. The number of β-lactam (4-membered cyclic amide) rings is 1. The summed E-state index contributed by atoms with van der Waals surface area (Å²) in [7, 11) is 0. The van der Waals surface area contributed by atoms with Gasteiger partial charge in [-0.1, -0.05) is 36.0 Å². The number of benzene rings is 2. The van der Waals surface area contributed by atoms with Crippen LogP contribution >= 0.6 is 23.5 Å². The summed E-state index contributed by atoms with van der Waals surface area (Å²) in [6, 6.07) is 9.98. The van der Waals surface area contributed by atoms with Crippen molar-refractivity contribution in [3.05, 3.63) is 74.3 Å². The van der Waals surface area contributed by atoms with Gasteiger partial charge in [-0.3, -0.25) is 29.8 Å². The molecule has 0 aliphatic carbocycles. The molecule has 2 aromatic carbocycles. The van der Waals surface area contributed by atoms with Crippen LogP contribution in [0.2, 0.25) is 0 Å². The molecule has 3 atom stereocenters. The van der Waals surface area contributed by atoms with Crippen LogP contribution in [0.15, 0.2) is 53.4 Å². The number of hydrogen-bond donors (Lipinski definition) is 2. The van der Waals surface area contributed by atoms with Crippen LogP contribution in [0.3, 0.4) is 0 Å². The van der Waals surface area contributed by atoms with Crippen LogP contribution in [-0.2, 0) is 20.8 Å². The van der Waals surface area contributed by atoms with E-state index in [0.717, 1.165) is 11.8 Å². The summed E-state index contributed by atoms with van der Waals surface area (Å²) in [6.07, 6.45) is -0.215. The number of aliphatic carboxylic acids is 1. The molecular formula is C22H20N4O8S2. The number of thioether (sulfide) groups is 2. The van der Waals surface area contributed by atoms with E-state index in [-0.39, 0.29) is 22.7 Å². The van der Waals surface area contributed by atoms with Crippen molar-refractivity contribution in [1.29, 1.82) is 0 Å². The van der Waals surface area contributed by atoms with Crippen LogP contribution in [0, 0.1) is 20.2 Å². The minimum Gasteiger partial charge on any atom is -0.480 e. The average Bonchev–Trinajstić information content (AvgIpc) is 3.08. The van der Waals surface area contributed by atoms with Crippen LogP contribution < -0.4 is 5.32 Å². The lowest BCUT2D eigenvalue weighted by Gasteiger charge is -2.52. The quantitative estimate of drug-likeness (QED) is 0.223. The summed E-state index contributed by atoms with van der Waals surface area (Å²) >= 11 is 2.00. The molecule has 2 aliphatic heterocycles. The van der Waals surface area contributed by atoms with Crippen LogP contribution in [0.1, 0.15) is 19.4 Å². The molecule has 2 N–H and O–H groups in total. The van der Waals surface area contributed by atoms with E-state index in [1.165, 1.54) is 59.1 Å². The van der Waals surface area contributed by atoms with Crippen molar-refractivity contribution in [3.8, 4) is 0 Å². The van der Waals surface area contributed by atoms with Crippen molar-refractivity contribution in [2.75, 3.05) is 0 Å². The number of nitrogens with one attached hydrogen (secondary N) is 1. The number of fused-ring (bicyclic) bond motifs is 1. The number of hydrogen-bond acceptors (Lipinski definition) is 9. The number of carboxylic acids is 1. The molecule has 0 aromatic heterocycles. The first-order valence-corrected chi connectivity index (χ1v) is 12.3. The van der Waals surface area contributed by atoms with Gasteiger partial charge in [-0.25, -0.2) is 4.79 Å². The van der Waals surface area contributed by atoms with E-state index in [9.17, 15) is 39.7 Å². The lowest BCUT2D eigenvalue weighted by Crippen LogP contribution is -2.78. The van der Waals surface area contributed by atoms with Gasteiger partial charge in [0.2, 0.25) is 10.8 Å². The lowest BCUT2D eigenvalue weighted by atomic mass is 9.95. The predicted octanol–water partition coefficient (Wildman–Crippen LogP) is 2.80. The van der Waals surface area contributed by atoms with Crippen LogP contribution in [-0.4, -0.2) is 58.7 Å². The number of non-ortho nitro benzene ring substituents is 1. The molecule has 2 saturated heterocycles. The number of nitrogens with zero attached hydrogens (tertiary/aromatic N) is 3. The SMILES string of the molecule is CC1(C)S[C@H]2N(C(=O)C2(NC(=O)Cc2ccc([N+](=O)[O-])cc2)Sc2ccccc2[N+](=O)[O-])[C@H]1C(=O)O. The summed E-state index contributed by atoms with van der Waals surface area (Å²) < 4.78 is -0.889. The van der Waals surface area contributed by atoms with Crippen molar-refractivity contribution < 1.29 is 29.3 Å².